The molecule has 1 aromatic carbocycles. The molecule has 0 atom stereocenters. The third-order valence-corrected chi connectivity index (χ3v) is 4.91. The lowest BCUT2D eigenvalue weighted by Crippen LogP contribution is -2.39. The van der Waals surface area contributed by atoms with Gasteiger partial charge < -0.3 is 9.88 Å². The van der Waals surface area contributed by atoms with Crippen molar-refractivity contribution in [1.82, 2.24) is 14.9 Å². The van der Waals surface area contributed by atoms with E-state index < -0.39 is 0 Å². The molecule has 20 heavy (non-hydrogen) atoms. The summed E-state index contributed by atoms with van der Waals surface area (Å²) >= 11 is 3.55. The number of hydrogen-bond acceptors (Lipinski definition) is 2. The van der Waals surface area contributed by atoms with Crippen molar-refractivity contribution in [2.45, 2.75) is 45.1 Å². The highest BCUT2D eigenvalue weighted by Gasteiger charge is 2.34. The van der Waals surface area contributed by atoms with Crippen molar-refractivity contribution < 1.29 is 0 Å². The Morgan fingerprint density at radius 2 is 2.00 bits per heavy atom. The highest BCUT2D eigenvalue weighted by molar-refractivity contribution is 9.10. The smallest absolute Gasteiger partial charge is 0.116 e. The number of halogens is 1. The Kier molecular flexibility index (Phi) is 3.63. The predicted molar refractivity (Wildman–Crippen MR) is 87.3 cm³/mol. The third-order valence-electron chi connectivity index (χ3n) is 4.41. The molecule has 0 radical (unpaired) electrons. The number of fused-ring (bicyclic) bond motifs is 1. The Labute approximate surface area is 128 Å². The van der Waals surface area contributed by atoms with Crippen LogP contribution in [0.15, 0.2) is 22.7 Å². The van der Waals surface area contributed by atoms with Crippen LogP contribution in [0.3, 0.4) is 0 Å². The topological polar surface area (TPSA) is 29.9 Å². The zero-order chi connectivity index (χ0) is 14.3. The normalized spacial score (nSPS) is 18.9. The number of benzene rings is 1. The SMILES string of the molecule is CC(C)n1c(C2(C)CCNCC2)nc2cc(Br)ccc21. The van der Waals surface area contributed by atoms with Crippen LogP contribution in [0.4, 0.5) is 0 Å². The van der Waals surface area contributed by atoms with Crippen LogP contribution in [0.1, 0.15) is 45.5 Å². The monoisotopic (exact) mass is 335 g/mol. The van der Waals surface area contributed by atoms with Crippen molar-refractivity contribution in [1.29, 1.82) is 0 Å². The fourth-order valence-corrected chi connectivity index (χ4v) is 3.57. The van der Waals surface area contributed by atoms with Crippen LogP contribution >= 0.6 is 15.9 Å². The molecule has 4 heteroatoms. The van der Waals surface area contributed by atoms with Gasteiger partial charge in [0.05, 0.1) is 11.0 Å². The molecule has 1 fully saturated rings. The molecular formula is C16H22BrN3. The summed E-state index contributed by atoms with van der Waals surface area (Å²) in [5.41, 5.74) is 2.53. The van der Waals surface area contributed by atoms with Gasteiger partial charge in [0.2, 0.25) is 0 Å². The van der Waals surface area contributed by atoms with Crippen molar-refractivity contribution in [3.05, 3.63) is 28.5 Å². The Hall–Kier alpha value is -0.870. The van der Waals surface area contributed by atoms with E-state index in [-0.39, 0.29) is 5.41 Å². The average molecular weight is 336 g/mol. The molecule has 1 N–H and O–H groups in total. The van der Waals surface area contributed by atoms with E-state index in [1.54, 1.807) is 0 Å². The molecule has 2 aromatic rings. The lowest BCUT2D eigenvalue weighted by molar-refractivity contribution is 0.305. The Morgan fingerprint density at radius 3 is 2.65 bits per heavy atom. The molecule has 3 rings (SSSR count). The molecule has 2 heterocycles. The van der Waals surface area contributed by atoms with Gasteiger partial charge >= 0.3 is 0 Å². The summed E-state index contributed by atoms with van der Waals surface area (Å²) in [4.78, 5) is 5.00. The van der Waals surface area contributed by atoms with Crippen molar-refractivity contribution in [3.63, 3.8) is 0 Å². The minimum Gasteiger partial charge on any atom is -0.325 e. The van der Waals surface area contributed by atoms with E-state index in [1.165, 1.54) is 11.3 Å². The van der Waals surface area contributed by atoms with Crippen molar-refractivity contribution >= 4 is 27.0 Å². The maximum atomic E-state index is 5.00. The zero-order valence-corrected chi connectivity index (χ0v) is 14.0. The lowest BCUT2D eigenvalue weighted by Gasteiger charge is -2.34. The van der Waals surface area contributed by atoms with Gasteiger partial charge in [-0.2, -0.15) is 0 Å². The van der Waals surface area contributed by atoms with Crippen LogP contribution in [0.25, 0.3) is 11.0 Å². The standard InChI is InChI=1S/C16H22BrN3/c1-11(2)20-14-5-4-12(17)10-13(14)19-15(20)16(3)6-8-18-9-7-16/h4-5,10-11,18H,6-9H2,1-3H3. The number of aromatic nitrogens is 2. The Bertz CT molecular complexity index is 624. The quantitative estimate of drug-likeness (QED) is 0.898. The van der Waals surface area contributed by atoms with E-state index >= 15 is 0 Å². The van der Waals surface area contributed by atoms with E-state index in [9.17, 15) is 0 Å². The average Bonchev–Trinajstić information content (AvgIpc) is 2.78. The first kappa shape index (κ1) is 14.1. The van der Waals surface area contributed by atoms with Gasteiger partial charge in [0.25, 0.3) is 0 Å². The van der Waals surface area contributed by atoms with Gasteiger partial charge in [0.15, 0.2) is 0 Å². The number of rotatable bonds is 2. The van der Waals surface area contributed by atoms with Gasteiger partial charge in [-0.25, -0.2) is 4.98 Å². The number of nitrogens with one attached hydrogen (secondary N) is 1. The van der Waals surface area contributed by atoms with E-state index in [0.717, 1.165) is 35.9 Å². The molecule has 1 aliphatic rings. The molecule has 1 aliphatic heterocycles. The molecular weight excluding hydrogens is 314 g/mol. The van der Waals surface area contributed by atoms with Gasteiger partial charge in [-0.1, -0.05) is 22.9 Å². The molecule has 0 saturated carbocycles. The largest absolute Gasteiger partial charge is 0.325 e. The van der Waals surface area contributed by atoms with Gasteiger partial charge in [-0.15, -0.1) is 0 Å². The summed E-state index contributed by atoms with van der Waals surface area (Å²) in [5.74, 6) is 1.25. The molecule has 0 amide bonds. The van der Waals surface area contributed by atoms with E-state index in [1.807, 2.05) is 0 Å². The van der Waals surface area contributed by atoms with E-state index in [0.29, 0.717) is 6.04 Å². The second kappa shape index (κ2) is 5.15. The molecule has 3 nitrogen and oxygen atoms in total. The second-order valence-corrected chi connectivity index (χ2v) is 7.26. The van der Waals surface area contributed by atoms with Crippen molar-refractivity contribution in [3.8, 4) is 0 Å². The Morgan fingerprint density at radius 1 is 1.30 bits per heavy atom. The predicted octanol–water partition coefficient (Wildman–Crippen LogP) is 4.02. The number of hydrogen-bond donors (Lipinski definition) is 1. The first-order valence-corrected chi connectivity index (χ1v) is 8.19. The highest BCUT2D eigenvalue weighted by Crippen LogP contribution is 2.36. The summed E-state index contributed by atoms with van der Waals surface area (Å²) in [6, 6.07) is 6.85. The van der Waals surface area contributed by atoms with Crippen molar-refractivity contribution in [2.75, 3.05) is 13.1 Å². The van der Waals surface area contributed by atoms with Gasteiger partial charge in [0.1, 0.15) is 5.82 Å². The summed E-state index contributed by atoms with van der Waals surface area (Å²) in [6.45, 7) is 9.03. The minimum atomic E-state index is 0.182. The van der Waals surface area contributed by atoms with Gasteiger partial charge in [0, 0.05) is 15.9 Å². The number of nitrogens with zero attached hydrogens (tertiary/aromatic N) is 2. The fourth-order valence-electron chi connectivity index (χ4n) is 3.22. The molecule has 0 bridgehead atoms. The van der Waals surface area contributed by atoms with Gasteiger partial charge in [-0.05, 0) is 58.0 Å². The van der Waals surface area contributed by atoms with Crippen LogP contribution in [-0.4, -0.2) is 22.6 Å². The molecule has 108 valence electrons. The maximum absolute atomic E-state index is 5.00. The molecule has 0 unspecified atom stereocenters. The van der Waals surface area contributed by atoms with Crippen LogP contribution in [-0.2, 0) is 5.41 Å². The van der Waals surface area contributed by atoms with Crippen LogP contribution < -0.4 is 5.32 Å². The highest BCUT2D eigenvalue weighted by atomic mass is 79.9. The third kappa shape index (κ3) is 2.29. The van der Waals surface area contributed by atoms with Crippen molar-refractivity contribution in [2.24, 2.45) is 0 Å². The van der Waals surface area contributed by atoms with Gasteiger partial charge in [-0.3, -0.25) is 0 Å². The van der Waals surface area contributed by atoms with Crippen LogP contribution in [0.2, 0.25) is 0 Å². The lowest BCUT2D eigenvalue weighted by atomic mass is 9.80. The van der Waals surface area contributed by atoms with E-state index in [2.05, 4.69) is 64.8 Å². The van der Waals surface area contributed by atoms with Crippen LogP contribution in [0, 0.1) is 0 Å². The number of imidazole rings is 1. The first-order chi connectivity index (χ1) is 9.51. The second-order valence-electron chi connectivity index (χ2n) is 6.34. The van der Waals surface area contributed by atoms with Crippen LogP contribution in [0.5, 0.6) is 0 Å². The molecule has 0 aliphatic carbocycles. The molecule has 0 spiro atoms. The maximum Gasteiger partial charge on any atom is 0.116 e. The number of piperidine rings is 1. The minimum absolute atomic E-state index is 0.182. The fraction of sp³-hybridized carbons (Fsp3) is 0.562. The first-order valence-electron chi connectivity index (χ1n) is 7.40. The summed E-state index contributed by atoms with van der Waals surface area (Å²) in [7, 11) is 0. The summed E-state index contributed by atoms with van der Waals surface area (Å²) < 4.78 is 3.52. The zero-order valence-electron chi connectivity index (χ0n) is 12.4. The molecule has 1 saturated heterocycles. The molecule has 1 aromatic heterocycles. The van der Waals surface area contributed by atoms with E-state index in [4.69, 9.17) is 4.98 Å². The summed E-state index contributed by atoms with van der Waals surface area (Å²) in [5, 5.41) is 3.46. The summed E-state index contributed by atoms with van der Waals surface area (Å²) in [6.07, 6.45) is 2.31. The Balaban J connectivity index is 2.21.